The van der Waals surface area contributed by atoms with E-state index < -0.39 is 0 Å². The van der Waals surface area contributed by atoms with Gasteiger partial charge in [0.05, 0.1) is 0 Å². The smallest absolute Gasteiger partial charge is 0.0412 e. The number of fused-ring (bicyclic) bond motifs is 1. The summed E-state index contributed by atoms with van der Waals surface area (Å²) in [6.07, 6.45) is 0. The summed E-state index contributed by atoms with van der Waals surface area (Å²) in [6.45, 7) is 0.725. The van der Waals surface area contributed by atoms with Crippen LogP contribution in [-0.4, -0.2) is 0 Å². The lowest BCUT2D eigenvalue weighted by Crippen LogP contribution is -2.00. The molecule has 0 radical (unpaired) electrons. The quantitative estimate of drug-likeness (QED) is 0.497. The second-order valence-electron chi connectivity index (χ2n) is 4.80. The minimum Gasteiger partial charge on any atom is -0.381 e. The highest BCUT2D eigenvalue weighted by atomic mass is 79.9. The Balaban J connectivity index is 1.82. The van der Waals surface area contributed by atoms with Crippen LogP contribution in [0.15, 0.2) is 63.5 Å². The van der Waals surface area contributed by atoms with Crippen molar-refractivity contribution in [2.75, 3.05) is 5.32 Å². The Kier molecular flexibility index (Phi) is 4.53. The number of hydrogen-bond acceptors (Lipinski definition) is 1. The third kappa shape index (κ3) is 3.60. The van der Waals surface area contributed by atoms with Crippen molar-refractivity contribution in [3.8, 4) is 0 Å². The third-order valence-electron chi connectivity index (χ3n) is 3.29. The average molecular weight is 426 g/mol. The van der Waals surface area contributed by atoms with Gasteiger partial charge in [-0.25, -0.2) is 0 Å². The zero-order valence-corrected chi connectivity index (χ0v) is 15.0. The SMILES string of the molecule is Clc1ccc(Br)c(CNc2ccc3cc(Br)ccc3c2)c1. The van der Waals surface area contributed by atoms with Crippen molar-refractivity contribution in [2.24, 2.45) is 0 Å². The molecule has 0 aliphatic heterocycles. The van der Waals surface area contributed by atoms with Gasteiger partial charge in [-0.2, -0.15) is 0 Å². The maximum Gasteiger partial charge on any atom is 0.0412 e. The second kappa shape index (κ2) is 6.39. The molecule has 0 bridgehead atoms. The summed E-state index contributed by atoms with van der Waals surface area (Å²) < 4.78 is 2.16. The minimum absolute atomic E-state index is 0.725. The van der Waals surface area contributed by atoms with Crippen LogP contribution < -0.4 is 5.32 Å². The van der Waals surface area contributed by atoms with Gasteiger partial charge in [-0.3, -0.25) is 0 Å². The van der Waals surface area contributed by atoms with Crippen LogP contribution in [0, 0.1) is 0 Å². The highest BCUT2D eigenvalue weighted by Gasteiger charge is 2.02. The van der Waals surface area contributed by atoms with Crippen LogP contribution in [0.5, 0.6) is 0 Å². The molecule has 0 aromatic heterocycles. The van der Waals surface area contributed by atoms with Crippen molar-refractivity contribution in [1.82, 2.24) is 0 Å². The Morgan fingerprint density at radius 2 is 1.62 bits per heavy atom. The highest BCUT2D eigenvalue weighted by Crippen LogP contribution is 2.25. The maximum atomic E-state index is 6.04. The number of nitrogens with one attached hydrogen (secondary N) is 1. The first-order chi connectivity index (χ1) is 10.1. The molecule has 3 rings (SSSR count). The molecular weight excluding hydrogens is 413 g/mol. The van der Waals surface area contributed by atoms with E-state index in [1.54, 1.807) is 0 Å². The fourth-order valence-corrected chi connectivity index (χ4v) is 3.16. The Hall–Kier alpha value is -1.03. The molecule has 0 spiro atoms. The molecule has 21 heavy (non-hydrogen) atoms. The van der Waals surface area contributed by atoms with Gasteiger partial charge in [-0.05, 0) is 58.8 Å². The lowest BCUT2D eigenvalue weighted by atomic mass is 10.1. The Morgan fingerprint density at radius 3 is 2.48 bits per heavy atom. The van der Waals surface area contributed by atoms with Gasteiger partial charge in [0.15, 0.2) is 0 Å². The topological polar surface area (TPSA) is 12.0 Å². The van der Waals surface area contributed by atoms with E-state index in [4.69, 9.17) is 11.6 Å². The van der Waals surface area contributed by atoms with E-state index in [2.05, 4.69) is 73.6 Å². The van der Waals surface area contributed by atoms with E-state index >= 15 is 0 Å². The van der Waals surface area contributed by atoms with Gasteiger partial charge in [0, 0.05) is 26.2 Å². The normalized spacial score (nSPS) is 10.8. The molecule has 0 saturated heterocycles. The first-order valence-electron chi connectivity index (χ1n) is 6.49. The summed E-state index contributed by atoms with van der Waals surface area (Å²) in [5.74, 6) is 0. The summed E-state index contributed by atoms with van der Waals surface area (Å²) in [5.41, 5.74) is 2.23. The van der Waals surface area contributed by atoms with Crippen molar-refractivity contribution in [1.29, 1.82) is 0 Å². The summed E-state index contributed by atoms with van der Waals surface area (Å²) in [7, 11) is 0. The molecule has 0 amide bonds. The molecule has 0 aliphatic carbocycles. The lowest BCUT2D eigenvalue weighted by molar-refractivity contribution is 1.14. The van der Waals surface area contributed by atoms with Crippen LogP contribution in [0.25, 0.3) is 10.8 Å². The predicted octanol–water partition coefficient (Wildman–Crippen LogP) is 6.63. The molecule has 0 heterocycles. The van der Waals surface area contributed by atoms with E-state index in [-0.39, 0.29) is 0 Å². The fraction of sp³-hybridized carbons (Fsp3) is 0.0588. The molecule has 0 unspecified atom stereocenters. The summed E-state index contributed by atoms with van der Waals surface area (Å²) >= 11 is 13.1. The first kappa shape index (κ1) is 14.9. The number of anilines is 1. The van der Waals surface area contributed by atoms with Crippen LogP contribution >= 0.6 is 43.5 Å². The largest absolute Gasteiger partial charge is 0.381 e. The van der Waals surface area contributed by atoms with Crippen LogP contribution in [0.3, 0.4) is 0 Å². The van der Waals surface area contributed by atoms with Gasteiger partial charge in [0.25, 0.3) is 0 Å². The Labute approximate surface area is 145 Å². The Morgan fingerprint density at radius 1 is 0.857 bits per heavy atom. The zero-order chi connectivity index (χ0) is 14.8. The van der Waals surface area contributed by atoms with Crippen molar-refractivity contribution in [3.63, 3.8) is 0 Å². The van der Waals surface area contributed by atoms with Crippen LogP contribution in [0.1, 0.15) is 5.56 Å². The molecule has 4 heteroatoms. The fourth-order valence-electron chi connectivity index (χ4n) is 2.20. The standard InChI is InChI=1S/C17H12Br2ClN/c18-14-3-1-12-9-16(5-2-11(12)7-14)21-10-13-8-15(20)4-6-17(13)19/h1-9,21H,10H2. The van der Waals surface area contributed by atoms with Crippen molar-refractivity contribution in [3.05, 3.63) is 74.1 Å². The molecule has 0 atom stereocenters. The minimum atomic E-state index is 0.725. The van der Waals surface area contributed by atoms with E-state index in [1.165, 1.54) is 10.8 Å². The monoisotopic (exact) mass is 423 g/mol. The number of hydrogen-bond donors (Lipinski definition) is 1. The van der Waals surface area contributed by atoms with Gasteiger partial charge in [0.1, 0.15) is 0 Å². The molecule has 3 aromatic rings. The molecule has 106 valence electrons. The van der Waals surface area contributed by atoms with E-state index in [1.807, 2.05) is 18.2 Å². The van der Waals surface area contributed by atoms with E-state index in [9.17, 15) is 0 Å². The van der Waals surface area contributed by atoms with E-state index in [0.29, 0.717) is 0 Å². The van der Waals surface area contributed by atoms with Crippen LogP contribution in [0.2, 0.25) is 5.02 Å². The average Bonchev–Trinajstić information content (AvgIpc) is 2.48. The van der Waals surface area contributed by atoms with Gasteiger partial charge < -0.3 is 5.32 Å². The van der Waals surface area contributed by atoms with Crippen LogP contribution in [0.4, 0.5) is 5.69 Å². The number of halogens is 3. The van der Waals surface area contributed by atoms with Crippen LogP contribution in [-0.2, 0) is 6.54 Å². The summed E-state index contributed by atoms with van der Waals surface area (Å²) in [6, 6.07) is 18.5. The van der Waals surface area contributed by atoms with Gasteiger partial charge in [-0.15, -0.1) is 0 Å². The molecule has 0 aliphatic rings. The maximum absolute atomic E-state index is 6.04. The zero-order valence-electron chi connectivity index (χ0n) is 11.0. The van der Waals surface area contributed by atoms with Gasteiger partial charge in [0.2, 0.25) is 0 Å². The number of benzene rings is 3. The highest BCUT2D eigenvalue weighted by molar-refractivity contribution is 9.10. The predicted molar refractivity (Wildman–Crippen MR) is 98.1 cm³/mol. The first-order valence-corrected chi connectivity index (χ1v) is 8.45. The molecule has 1 N–H and O–H groups in total. The van der Waals surface area contributed by atoms with Crippen molar-refractivity contribution in [2.45, 2.75) is 6.54 Å². The lowest BCUT2D eigenvalue weighted by Gasteiger charge is -2.10. The second-order valence-corrected chi connectivity index (χ2v) is 7.00. The van der Waals surface area contributed by atoms with Gasteiger partial charge in [-0.1, -0.05) is 55.6 Å². The molecular formula is C17H12Br2ClN. The molecule has 3 aromatic carbocycles. The van der Waals surface area contributed by atoms with Crippen molar-refractivity contribution < 1.29 is 0 Å². The van der Waals surface area contributed by atoms with Crippen molar-refractivity contribution >= 4 is 59.9 Å². The molecule has 0 saturated carbocycles. The van der Waals surface area contributed by atoms with E-state index in [0.717, 1.165) is 31.8 Å². The third-order valence-corrected chi connectivity index (χ3v) is 4.79. The summed E-state index contributed by atoms with van der Waals surface area (Å²) in [5, 5.41) is 6.62. The summed E-state index contributed by atoms with van der Waals surface area (Å²) in [4.78, 5) is 0. The molecule has 0 fully saturated rings. The number of rotatable bonds is 3. The Bertz CT molecular complexity index is 802. The van der Waals surface area contributed by atoms with Gasteiger partial charge >= 0.3 is 0 Å². The molecule has 1 nitrogen and oxygen atoms in total.